The molecule has 0 aliphatic carbocycles. The van der Waals surface area contributed by atoms with Crippen LogP contribution in [0.2, 0.25) is 0 Å². The van der Waals surface area contributed by atoms with Crippen LogP contribution >= 0.6 is 0 Å². The summed E-state index contributed by atoms with van der Waals surface area (Å²) >= 11 is 0. The van der Waals surface area contributed by atoms with Gasteiger partial charge in [0.25, 0.3) is 5.92 Å². The van der Waals surface area contributed by atoms with Gasteiger partial charge in [-0.25, -0.2) is 18.7 Å². The number of aromatic nitrogens is 3. The monoisotopic (exact) mass is 406 g/mol. The van der Waals surface area contributed by atoms with Crippen molar-refractivity contribution in [1.29, 1.82) is 0 Å². The average Bonchev–Trinajstić information content (AvgIpc) is 2.77. The van der Waals surface area contributed by atoms with E-state index in [9.17, 15) is 8.78 Å². The maximum atomic E-state index is 13.5. The fraction of sp³-hybridized carbons (Fsp3) is 0.174. The van der Waals surface area contributed by atoms with Crippen molar-refractivity contribution in [3.05, 3.63) is 67.0 Å². The van der Waals surface area contributed by atoms with Crippen LogP contribution in [0.25, 0.3) is 33.4 Å². The van der Waals surface area contributed by atoms with Crippen LogP contribution in [0.15, 0.2) is 67.0 Å². The fourth-order valence-corrected chi connectivity index (χ4v) is 3.11. The molecule has 1 N–H and O–H groups in total. The largest absolute Gasteiger partial charge is 0.497 e. The molecule has 4 aromatic rings. The average molecular weight is 406 g/mol. The zero-order chi connectivity index (χ0) is 21.1. The molecule has 152 valence electrons. The Kier molecular flexibility index (Phi) is 5.27. The van der Waals surface area contributed by atoms with Crippen molar-refractivity contribution in [1.82, 2.24) is 15.0 Å². The number of benzene rings is 2. The summed E-state index contributed by atoms with van der Waals surface area (Å²) in [6.07, 6.45) is 3.30. The van der Waals surface area contributed by atoms with Crippen LogP contribution in [0.5, 0.6) is 5.75 Å². The molecule has 0 spiro atoms. The van der Waals surface area contributed by atoms with Crippen LogP contribution in [0, 0.1) is 0 Å². The Morgan fingerprint density at radius 3 is 2.50 bits per heavy atom. The third-order valence-corrected chi connectivity index (χ3v) is 4.58. The molecule has 2 aromatic carbocycles. The summed E-state index contributed by atoms with van der Waals surface area (Å²) < 4.78 is 32.4. The van der Waals surface area contributed by atoms with E-state index in [0.717, 1.165) is 23.8 Å². The van der Waals surface area contributed by atoms with E-state index in [-0.39, 0.29) is 0 Å². The Morgan fingerprint density at radius 2 is 1.77 bits per heavy atom. The molecule has 0 radical (unpaired) electrons. The van der Waals surface area contributed by atoms with E-state index in [0.29, 0.717) is 28.1 Å². The van der Waals surface area contributed by atoms with Gasteiger partial charge in [-0.2, -0.15) is 0 Å². The maximum absolute atomic E-state index is 13.5. The lowest BCUT2D eigenvalue weighted by molar-refractivity contribution is 0.0367. The number of pyridine rings is 1. The van der Waals surface area contributed by atoms with Gasteiger partial charge in [0.2, 0.25) is 0 Å². The molecular formula is C23H20F2N4O. The van der Waals surface area contributed by atoms with Gasteiger partial charge >= 0.3 is 0 Å². The Hall–Kier alpha value is -3.61. The van der Waals surface area contributed by atoms with E-state index < -0.39 is 12.5 Å². The standard InChI is InChI=1S/C23H20F2N4O/c1-23(24,25)14-27-22-19-12-16(15-5-3-7-18(11-15)30-2)8-9-20(19)28-21(29-22)17-6-4-10-26-13-17/h3-13H,14H2,1-2H3,(H,27,28,29). The predicted octanol–water partition coefficient (Wildman–Crippen LogP) is 5.43. The van der Waals surface area contributed by atoms with Crippen molar-refractivity contribution in [3.63, 3.8) is 0 Å². The number of hydrogen-bond donors (Lipinski definition) is 1. The van der Waals surface area contributed by atoms with Gasteiger partial charge in [0, 0.05) is 30.3 Å². The van der Waals surface area contributed by atoms with E-state index in [2.05, 4.69) is 20.3 Å². The van der Waals surface area contributed by atoms with Crippen LogP contribution in [-0.4, -0.2) is 34.5 Å². The number of halogens is 2. The summed E-state index contributed by atoms with van der Waals surface area (Å²) in [6, 6.07) is 16.9. The molecule has 2 aromatic heterocycles. The SMILES string of the molecule is COc1cccc(-c2ccc3nc(-c4cccnc4)nc(NCC(C)(F)F)c3c2)c1. The Morgan fingerprint density at radius 1 is 0.967 bits per heavy atom. The molecule has 5 nitrogen and oxygen atoms in total. The lowest BCUT2D eigenvalue weighted by Gasteiger charge is -2.15. The molecule has 0 bridgehead atoms. The third kappa shape index (κ3) is 4.35. The smallest absolute Gasteiger partial charge is 0.262 e. The molecule has 0 saturated heterocycles. The fourth-order valence-electron chi connectivity index (χ4n) is 3.11. The van der Waals surface area contributed by atoms with Crippen molar-refractivity contribution in [2.45, 2.75) is 12.8 Å². The molecule has 0 unspecified atom stereocenters. The van der Waals surface area contributed by atoms with Crippen LogP contribution < -0.4 is 10.1 Å². The summed E-state index contributed by atoms with van der Waals surface area (Å²) in [5.41, 5.74) is 3.21. The number of fused-ring (bicyclic) bond motifs is 1. The highest BCUT2D eigenvalue weighted by molar-refractivity contribution is 5.94. The van der Waals surface area contributed by atoms with Gasteiger partial charge in [-0.05, 0) is 47.5 Å². The molecule has 4 rings (SSSR count). The van der Waals surface area contributed by atoms with Crippen LogP contribution in [0.4, 0.5) is 14.6 Å². The van der Waals surface area contributed by atoms with E-state index >= 15 is 0 Å². The predicted molar refractivity (Wildman–Crippen MR) is 114 cm³/mol. The quantitative estimate of drug-likeness (QED) is 0.462. The van der Waals surface area contributed by atoms with Crippen molar-refractivity contribution < 1.29 is 13.5 Å². The van der Waals surface area contributed by atoms with Gasteiger partial charge in [-0.3, -0.25) is 4.98 Å². The number of alkyl halides is 2. The van der Waals surface area contributed by atoms with Crippen molar-refractivity contribution >= 4 is 16.7 Å². The first-order chi connectivity index (χ1) is 14.4. The van der Waals surface area contributed by atoms with Crippen molar-refractivity contribution in [3.8, 4) is 28.3 Å². The summed E-state index contributed by atoms with van der Waals surface area (Å²) in [5.74, 6) is -1.37. The van der Waals surface area contributed by atoms with Gasteiger partial charge in [0.05, 0.1) is 19.2 Å². The molecule has 0 aliphatic heterocycles. The number of rotatable bonds is 6. The molecule has 0 atom stereocenters. The van der Waals surface area contributed by atoms with E-state index in [1.54, 1.807) is 25.6 Å². The lowest BCUT2D eigenvalue weighted by Crippen LogP contribution is -2.23. The Bertz CT molecular complexity index is 1180. The zero-order valence-corrected chi connectivity index (χ0v) is 16.6. The summed E-state index contributed by atoms with van der Waals surface area (Å²) in [6.45, 7) is 0.335. The van der Waals surface area contributed by atoms with E-state index in [4.69, 9.17) is 4.74 Å². The van der Waals surface area contributed by atoms with Crippen molar-refractivity contribution in [2.75, 3.05) is 19.0 Å². The summed E-state index contributed by atoms with van der Waals surface area (Å²) in [4.78, 5) is 13.2. The van der Waals surface area contributed by atoms with Gasteiger partial charge in [-0.1, -0.05) is 18.2 Å². The van der Waals surface area contributed by atoms with Crippen molar-refractivity contribution in [2.24, 2.45) is 0 Å². The van der Waals surface area contributed by atoms with E-state index in [1.165, 1.54) is 0 Å². The number of hydrogen-bond acceptors (Lipinski definition) is 5. The molecule has 0 amide bonds. The number of nitrogens with zero attached hydrogens (tertiary/aromatic N) is 3. The number of ether oxygens (including phenoxy) is 1. The third-order valence-electron chi connectivity index (χ3n) is 4.58. The van der Waals surface area contributed by atoms with Crippen LogP contribution in [0.3, 0.4) is 0 Å². The number of nitrogens with one attached hydrogen (secondary N) is 1. The van der Waals surface area contributed by atoms with Gasteiger partial charge < -0.3 is 10.1 Å². The zero-order valence-electron chi connectivity index (χ0n) is 16.6. The van der Waals surface area contributed by atoms with Crippen LogP contribution in [-0.2, 0) is 0 Å². The highest BCUT2D eigenvalue weighted by Crippen LogP contribution is 2.31. The second-order valence-electron chi connectivity index (χ2n) is 7.03. The highest BCUT2D eigenvalue weighted by Gasteiger charge is 2.22. The van der Waals surface area contributed by atoms with E-state index in [1.807, 2.05) is 48.5 Å². The molecule has 2 heterocycles. The second kappa shape index (κ2) is 8.02. The molecule has 7 heteroatoms. The molecule has 0 saturated carbocycles. The Balaban J connectivity index is 1.84. The summed E-state index contributed by atoms with van der Waals surface area (Å²) in [7, 11) is 1.61. The topological polar surface area (TPSA) is 59.9 Å². The molecule has 0 aliphatic rings. The summed E-state index contributed by atoms with van der Waals surface area (Å²) in [5, 5.41) is 3.45. The molecular weight excluding hydrogens is 386 g/mol. The number of anilines is 1. The first-order valence-electron chi connectivity index (χ1n) is 9.41. The first-order valence-corrected chi connectivity index (χ1v) is 9.41. The first kappa shape index (κ1) is 19.7. The normalized spacial score (nSPS) is 11.5. The van der Waals surface area contributed by atoms with Gasteiger partial charge in [0.1, 0.15) is 11.6 Å². The minimum atomic E-state index is -2.88. The Labute approximate surface area is 172 Å². The van der Waals surface area contributed by atoms with Gasteiger partial charge in [-0.15, -0.1) is 0 Å². The minimum Gasteiger partial charge on any atom is -0.497 e. The highest BCUT2D eigenvalue weighted by atomic mass is 19.3. The minimum absolute atomic E-state index is 0.352. The molecule has 30 heavy (non-hydrogen) atoms. The maximum Gasteiger partial charge on any atom is 0.262 e. The lowest BCUT2D eigenvalue weighted by atomic mass is 10.0. The molecule has 0 fully saturated rings. The second-order valence-corrected chi connectivity index (χ2v) is 7.03. The van der Waals surface area contributed by atoms with Gasteiger partial charge in [0.15, 0.2) is 5.82 Å². The van der Waals surface area contributed by atoms with Crippen LogP contribution in [0.1, 0.15) is 6.92 Å². The number of methoxy groups -OCH3 is 1.